The quantitative estimate of drug-likeness (QED) is 0.491. The van der Waals surface area contributed by atoms with Crippen LogP contribution in [0, 0.1) is 0 Å². The molecule has 1 aliphatic rings. The van der Waals surface area contributed by atoms with Crippen LogP contribution in [0.15, 0.2) is 60.9 Å². The van der Waals surface area contributed by atoms with Crippen LogP contribution in [0.2, 0.25) is 5.02 Å². The molecule has 0 bridgehead atoms. The number of carbonyl (C=O) groups is 1. The molecule has 8 nitrogen and oxygen atoms in total. The van der Waals surface area contributed by atoms with Gasteiger partial charge in [0, 0.05) is 17.6 Å². The highest BCUT2D eigenvalue weighted by Crippen LogP contribution is 2.36. The summed E-state index contributed by atoms with van der Waals surface area (Å²) in [5, 5.41) is 8.80. The Morgan fingerprint density at radius 3 is 2.81 bits per heavy atom. The number of likely N-dealkylation sites (tertiary alicyclic amines) is 1. The first-order valence-electron chi connectivity index (χ1n) is 9.71. The Morgan fingerprint density at radius 1 is 1.23 bits per heavy atom. The number of hydrogen-bond acceptors (Lipinski definition) is 5. The maximum Gasteiger partial charge on any atom is 0.257 e. The highest BCUT2D eigenvalue weighted by atomic mass is 35.5. The molecule has 1 unspecified atom stereocenters. The Hall–Kier alpha value is -3.65. The van der Waals surface area contributed by atoms with E-state index in [2.05, 4.69) is 21.8 Å². The van der Waals surface area contributed by atoms with Crippen LogP contribution >= 0.6 is 11.6 Å². The van der Waals surface area contributed by atoms with Gasteiger partial charge in [0.25, 0.3) is 5.91 Å². The molecule has 1 saturated heterocycles. The summed E-state index contributed by atoms with van der Waals surface area (Å²) in [5.74, 6) is 1.26. The predicted molar refractivity (Wildman–Crippen MR) is 117 cm³/mol. The van der Waals surface area contributed by atoms with Crippen molar-refractivity contribution in [1.82, 2.24) is 29.9 Å². The zero-order valence-corrected chi connectivity index (χ0v) is 17.5. The number of aromatic amines is 1. The predicted octanol–water partition coefficient (Wildman–Crippen LogP) is 3.95. The molecule has 1 fully saturated rings. The van der Waals surface area contributed by atoms with Crippen molar-refractivity contribution in [2.45, 2.75) is 12.5 Å². The minimum absolute atomic E-state index is 0.184. The molecule has 1 amide bonds. The summed E-state index contributed by atoms with van der Waals surface area (Å²) in [6.07, 6.45) is 3.75. The molecule has 3 heterocycles. The van der Waals surface area contributed by atoms with Crippen LogP contribution in [0.5, 0.6) is 5.75 Å². The number of amides is 1. The maximum atomic E-state index is 13.7. The van der Waals surface area contributed by atoms with Gasteiger partial charge in [-0.15, -0.1) is 0 Å². The molecule has 1 N–H and O–H groups in total. The topological polar surface area (TPSA) is 88.9 Å². The van der Waals surface area contributed by atoms with Gasteiger partial charge in [-0.3, -0.25) is 4.79 Å². The molecule has 1 atom stereocenters. The molecule has 0 spiro atoms. The second kappa shape index (κ2) is 7.55. The number of methoxy groups -OCH3 is 1. The van der Waals surface area contributed by atoms with Gasteiger partial charge < -0.3 is 14.6 Å². The van der Waals surface area contributed by atoms with E-state index >= 15 is 0 Å². The van der Waals surface area contributed by atoms with E-state index in [-0.39, 0.29) is 11.9 Å². The van der Waals surface area contributed by atoms with Crippen LogP contribution in [0.3, 0.4) is 0 Å². The third kappa shape index (κ3) is 3.44. The SMILES string of the molecule is C=C1CC(c2nc3ccc(OC)cc3[nH]2)N(C(=O)c2cc(Cl)ccc2-n2nccn2)C1. The second-order valence-electron chi connectivity index (χ2n) is 7.39. The fourth-order valence-electron chi connectivity index (χ4n) is 3.90. The lowest BCUT2D eigenvalue weighted by Crippen LogP contribution is -2.32. The average Bonchev–Trinajstić information content (AvgIpc) is 3.51. The number of ether oxygens (including phenoxy) is 1. The van der Waals surface area contributed by atoms with Crippen molar-refractivity contribution < 1.29 is 9.53 Å². The lowest BCUT2D eigenvalue weighted by Gasteiger charge is -2.24. The van der Waals surface area contributed by atoms with Gasteiger partial charge in [0.1, 0.15) is 11.6 Å². The Labute approximate surface area is 183 Å². The van der Waals surface area contributed by atoms with Gasteiger partial charge in [0.2, 0.25) is 0 Å². The van der Waals surface area contributed by atoms with E-state index in [4.69, 9.17) is 21.3 Å². The third-order valence-corrected chi connectivity index (χ3v) is 5.59. The summed E-state index contributed by atoms with van der Waals surface area (Å²) in [6.45, 7) is 4.55. The number of nitrogens with zero attached hydrogens (tertiary/aromatic N) is 5. The van der Waals surface area contributed by atoms with Crippen LogP contribution in [0.25, 0.3) is 16.7 Å². The van der Waals surface area contributed by atoms with Crippen molar-refractivity contribution in [2.75, 3.05) is 13.7 Å². The standard InChI is InChI=1S/C22H19ClN6O2/c1-13-9-20(21-26-17-5-4-15(31-2)11-18(17)27-21)28(12-13)22(30)16-10-14(23)3-6-19(16)29-24-7-8-25-29/h3-8,10-11,20H,1,9,12H2,2H3,(H,26,27). The highest BCUT2D eigenvalue weighted by molar-refractivity contribution is 6.31. The van der Waals surface area contributed by atoms with Crippen LogP contribution in [-0.2, 0) is 0 Å². The highest BCUT2D eigenvalue weighted by Gasteiger charge is 2.36. The summed E-state index contributed by atoms with van der Waals surface area (Å²) in [6, 6.07) is 10.5. The van der Waals surface area contributed by atoms with Gasteiger partial charge in [0.05, 0.1) is 47.8 Å². The van der Waals surface area contributed by atoms with Gasteiger partial charge in [-0.05, 0) is 36.8 Å². The number of imidazole rings is 1. The van der Waals surface area contributed by atoms with E-state index in [1.165, 1.54) is 4.80 Å². The Balaban J connectivity index is 1.55. The Kier molecular flexibility index (Phi) is 4.71. The Morgan fingerprint density at radius 2 is 2.03 bits per heavy atom. The molecule has 2 aromatic carbocycles. The van der Waals surface area contributed by atoms with Crippen molar-refractivity contribution >= 4 is 28.5 Å². The lowest BCUT2D eigenvalue weighted by atomic mass is 10.1. The minimum Gasteiger partial charge on any atom is -0.497 e. The molecular formula is C22H19ClN6O2. The normalized spacial score (nSPS) is 16.3. The Bertz CT molecular complexity index is 1300. The first-order valence-corrected chi connectivity index (χ1v) is 10.1. The molecule has 0 radical (unpaired) electrons. The molecule has 5 rings (SSSR count). The number of fused-ring (bicyclic) bond motifs is 1. The smallest absolute Gasteiger partial charge is 0.257 e. The fourth-order valence-corrected chi connectivity index (χ4v) is 4.07. The number of rotatable bonds is 4. The molecule has 0 saturated carbocycles. The molecule has 0 aliphatic carbocycles. The largest absolute Gasteiger partial charge is 0.497 e. The number of nitrogens with one attached hydrogen (secondary N) is 1. The number of aromatic nitrogens is 5. The number of halogens is 1. The maximum absolute atomic E-state index is 13.7. The number of H-pyrrole nitrogens is 1. The van der Waals surface area contributed by atoms with Crippen molar-refractivity contribution in [3.8, 4) is 11.4 Å². The number of benzene rings is 2. The van der Waals surface area contributed by atoms with Crippen LogP contribution in [-0.4, -0.2) is 49.4 Å². The fraction of sp³-hybridized carbons (Fsp3) is 0.182. The van der Waals surface area contributed by atoms with Crippen LogP contribution in [0.1, 0.15) is 28.6 Å². The molecule has 9 heteroatoms. The lowest BCUT2D eigenvalue weighted by molar-refractivity contribution is 0.0732. The van der Waals surface area contributed by atoms with Crippen LogP contribution < -0.4 is 4.74 Å². The molecule has 31 heavy (non-hydrogen) atoms. The second-order valence-corrected chi connectivity index (χ2v) is 7.82. The van der Waals surface area contributed by atoms with Crippen molar-refractivity contribution in [1.29, 1.82) is 0 Å². The molecule has 4 aromatic rings. The van der Waals surface area contributed by atoms with Crippen molar-refractivity contribution in [2.24, 2.45) is 0 Å². The average molecular weight is 435 g/mol. The summed E-state index contributed by atoms with van der Waals surface area (Å²) < 4.78 is 5.30. The third-order valence-electron chi connectivity index (χ3n) is 5.36. The monoisotopic (exact) mass is 434 g/mol. The molecule has 2 aromatic heterocycles. The van der Waals surface area contributed by atoms with E-state index in [9.17, 15) is 4.79 Å². The van der Waals surface area contributed by atoms with Crippen molar-refractivity contribution in [3.63, 3.8) is 0 Å². The zero-order chi connectivity index (χ0) is 21.5. The summed E-state index contributed by atoms with van der Waals surface area (Å²) in [4.78, 5) is 24.9. The van der Waals surface area contributed by atoms with E-state index in [0.717, 1.165) is 22.4 Å². The van der Waals surface area contributed by atoms with Gasteiger partial charge in [-0.2, -0.15) is 15.0 Å². The van der Waals surface area contributed by atoms with E-state index in [0.29, 0.717) is 35.1 Å². The minimum atomic E-state index is -0.268. The van der Waals surface area contributed by atoms with Gasteiger partial charge >= 0.3 is 0 Å². The van der Waals surface area contributed by atoms with E-state index in [1.807, 2.05) is 18.2 Å². The van der Waals surface area contributed by atoms with Gasteiger partial charge in [0.15, 0.2) is 0 Å². The zero-order valence-electron chi connectivity index (χ0n) is 16.7. The summed E-state index contributed by atoms with van der Waals surface area (Å²) in [7, 11) is 1.62. The summed E-state index contributed by atoms with van der Waals surface area (Å²) >= 11 is 6.22. The van der Waals surface area contributed by atoms with Gasteiger partial charge in [-0.25, -0.2) is 4.98 Å². The number of hydrogen-bond donors (Lipinski definition) is 1. The first kappa shape index (κ1) is 19.3. The van der Waals surface area contributed by atoms with Crippen LogP contribution in [0.4, 0.5) is 0 Å². The summed E-state index contributed by atoms with van der Waals surface area (Å²) in [5.41, 5.74) is 3.59. The van der Waals surface area contributed by atoms with E-state index < -0.39 is 0 Å². The van der Waals surface area contributed by atoms with Gasteiger partial charge in [-0.1, -0.05) is 23.8 Å². The molecular weight excluding hydrogens is 416 g/mol. The molecule has 156 valence electrons. The first-order chi connectivity index (χ1) is 15.0. The van der Waals surface area contributed by atoms with E-state index in [1.54, 1.807) is 42.6 Å². The molecule has 1 aliphatic heterocycles. The van der Waals surface area contributed by atoms with Crippen molar-refractivity contribution in [3.05, 3.63) is 77.4 Å². The number of carbonyl (C=O) groups excluding carboxylic acids is 1.